The van der Waals surface area contributed by atoms with Gasteiger partial charge in [0.2, 0.25) is 5.82 Å². The third kappa shape index (κ3) is 4.05. The van der Waals surface area contributed by atoms with E-state index in [2.05, 4.69) is 15.4 Å². The second-order valence-corrected chi connectivity index (χ2v) is 5.36. The Morgan fingerprint density at radius 1 is 1.38 bits per heavy atom. The zero-order chi connectivity index (χ0) is 15.5. The van der Waals surface area contributed by atoms with Gasteiger partial charge in [-0.15, -0.1) is 11.3 Å². The van der Waals surface area contributed by atoms with Gasteiger partial charge in [0.1, 0.15) is 11.6 Å². The molecule has 0 aliphatic carbocycles. The van der Waals surface area contributed by atoms with Gasteiger partial charge in [0.05, 0.1) is 0 Å². The first-order valence-electron chi connectivity index (χ1n) is 6.06. The molecule has 0 aliphatic heterocycles. The van der Waals surface area contributed by atoms with E-state index in [0.29, 0.717) is 6.54 Å². The topological polar surface area (TPSA) is 67.1 Å². The van der Waals surface area contributed by atoms with Crippen molar-refractivity contribution in [2.45, 2.75) is 12.6 Å². The molecule has 2 heterocycles. The molecule has 2 rings (SSSR count). The van der Waals surface area contributed by atoms with Crippen molar-refractivity contribution in [3.8, 4) is 0 Å². The van der Waals surface area contributed by atoms with Crippen molar-refractivity contribution in [1.82, 2.24) is 9.97 Å². The van der Waals surface area contributed by atoms with E-state index >= 15 is 0 Å². The molecule has 0 fully saturated rings. The Kier molecular flexibility index (Phi) is 4.63. The van der Waals surface area contributed by atoms with Crippen LogP contribution in [0.4, 0.5) is 24.8 Å². The molecule has 21 heavy (non-hydrogen) atoms. The number of hydrazine groups is 1. The summed E-state index contributed by atoms with van der Waals surface area (Å²) in [6.07, 6.45) is -3.89. The molecule has 3 N–H and O–H groups in total. The number of thiophene rings is 1. The Hall–Kier alpha value is -1.87. The van der Waals surface area contributed by atoms with Gasteiger partial charge in [-0.2, -0.15) is 13.2 Å². The van der Waals surface area contributed by atoms with Gasteiger partial charge in [0.25, 0.3) is 0 Å². The second-order valence-electron chi connectivity index (χ2n) is 4.33. The maximum atomic E-state index is 12.7. The summed E-state index contributed by atoms with van der Waals surface area (Å²) in [4.78, 5) is 9.66. The molecule has 5 nitrogen and oxygen atoms in total. The SMILES string of the molecule is CN(CCc1cccs1)c1cc(NN)nc(C(F)(F)F)n1. The standard InChI is InChI=1S/C12H14F3N5S/c1-20(5-4-8-3-2-6-21-8)10-7-9(19-16)17-11(18-10)12(13,14)15/h2-3,6-7H,4-5,16H2,1H3,(H,17,18,19). The van der Waals surface area contributed by atoms with E-state index in [1.54, 1.807) is 23.3 Å². The summed E-state index contributed by atoms with van der Waals surface area (Å²) in [6, 6.07) is 5.29. The van der Waals surface area contributed by atoms with E-state index in [0.717, 1.165) is 11.3 Å². The van der Waals surface area contributed by atoms with Crippen molar-refractivity contribution in [1.29, 1.82) is 0 Å². The average molecular weight is 317 g/mol. The molecule has 0 spiro atoms. The Balaban J connectivity index is 2.17. The van der Waals surface area contributed by atoms with Crippen LogP contribution in [0.3, 0.4) is 0 Å². The van der Waals surface area contributed by atoms with E-state index in [1.165, 1.54) is 6.07 Å². The van der Waals surface area contributed by atoms with Crippen LogP contribution in [0.2, 0.25) is 0 Å². The molecule has 114 valence electrons. The molecule has 9 heteroatoms. The number of hydrogen-bond donors (Lipinski definition) is 2. The highest BCUT2D eigenvalue weighted by atomic mass is 32.1. The van der Waals surface area contributed by atoms with Crippen LogP contribution in [-0.4, -0.2) is 23.6 Å². The Morgan fingerprint density at radius 3 is 2.71 bits per heavy atom. The number of nitrogen functional groups attached to an aromatic ring is 1. The maximum absolute atomic E-state index is 12.7. The largest absolute Gasteiger partial charge is 0.451 e. The summed E-state index contributed by atoms with van der Waals surface area (Å²) in [5, 5.41) is 1.96. The van der Waals surface area contributed by atoms with Crippen LogP contribution in [0.1, 0.15) is 10.7 Å². The maximum Gasteiger partial charge on any atom is 0.451 e. The highest BCUT2D eigenvalue weighted by molar-refractivity contribution is 7.09. The minimum atomic E-state index is -4.61. The summed E-state index contributed by atoms with van der Waals surface area (Å²) in [5.74, 6) is 4.04. The molecule has 0 amide bonds. The van der Waals surface area contributed by atoms with Gasteiger partial charge < -0.3 is 10.3 Å². The van der Waals surface area contributed by atoms with Crippen LogP contribution >= 0.6 is 11.3 Å². The number of nitrogens with zero attached hydrogens (tertiary/aromatic N) is 3. The molecule has 0 aromatic carbocycles. The van der Waals surface area contributed by atoms with Gasteiger partial charge in [-0.3, -0.25) is 0 Å². The number of likely N-dealkylation sites (N-methyl/N-ethyl adjacent to an activating group) is 1. The summed E-state index contributed by atoms with van der Waals surface area (Å²) >= 11 is 1.60. The first-order valence-corrected chi connectivity index (χ1v) is 6.94. The van der Waals surface area contributed by atoms with Gasteiger partial charge >= 0.3 is 6.18 Å². The normalized spacial score (nSPS) is 11.5. The number of hydrogen-bond acceptors (Lipinski definition) is 6. The molecule has 0 unspecified atom stereocenters. The molecule has 2 aromatic rings. The number of rotatable bonds is 5. The average Bonchev–Trinajstić information content (AvgIpc) is 2.96. The van der Waals surface area contributed by atoms with Crippen molar-refractivity contribution in [2.24, 2.45) is 5.84 Å². The van der Waals surface area contributed by atoms with Gasteiger partial charge in [0.15, 0.2) is 0 Å². The minimum Gasteiger partial charge on any atom is -0.359 e. The molecule has 0 radical (unpaired) electrons. The van der Waals surface area contributed by atoms with Crippen LogP contribution in [0.25, 0.3) is 0 Å². The molecular formula is C12H14F3N5S. The Labute approximate surface area is 123 Å². The smallest absolute Gasteiger partial charge is 0.359 e. The summed E-state index contributed by atoms with van der Waals surface area (Å²) in [5.41, 5.74) is 2.13. The summed E-state index contributed by atoms with van der Waals surface area (Å²) < 4.78 is 38.2. The van der Waals surface area contributed by atoms with Crippen molar-refractivity contribution in [3.63, 3.8) is 0 Å². The quantitative estimate of drug-likeness (QED) is 0.655. The van der Waals surface area contributed by atoms with Crippen molar-refractivity contribution in [3.05, 3.63) is 34.3 Å². The van der Waals surface area contributed by atoms with Gasteiger partial charge in [-0.25, -0.2) is 15.8 Å². The molecule has 2 aromatic heterocycles. The van der Waals surface area contributed by atoms with Crippen LogP contribution in [0, 0.1) is 0 Å². The molecule has 0 saturated carbocycles. The number of aromatic nitrogens is 2. The molecular weight excluding hydrogens is 303 g/mol. The van der Waals surface area contributed by atoms with E-state index in [-0.39, 0.29) is 11.6 Å². The van der Waals surface area contributed by atoms with Crippen LogP contribution in [0.15, 0.2) is 23.6 Å². The van der Waals surface area contributed by atoms with E-state index in [4.69, 9.17) is 5.84 Å². The second kappa shape index (κ2) is 6.27. The van der Waals surface area contributed by atoms with Crippen LogP contribution in [-0.2, 0) is 12.6 Å². The van der Waals surface area contributed by atoms with Crippen molar-refractivity contribution < 1.29 is 13.2 Å². The number of anilines is 2. The van der Waals surface area contributed by atoms with E-state index in [9.17, 15) is 13.2 Å². The Morgan fingerprint density at radius 2 is 2.14 bits per heavy atom. The van der Waals surface area contributed by atoms with E-state index < -0.39 is 12.0 Å². The molecule has 0 atom stereocenters. The zero-order valence-corrected chi connectivity index (χ0v) is 12.0. The lowest BCUT2D eigenvalue weighted by Gasteiger charge is -2.19. The highest BCUT2D eigenvalue weighted by Gasteiger charge is 2.35. The first kappa shape index (κ1) is 15.5. The third-order valence-electron chi connectivity index (χ3n) is 2.78. The fourth-order valence-electron chi connectivity index (χ4n) is 1.68. The third-order valence-corrected chi connectivity index (χ3v) is 3.72. The first-order chi connectivity index (χ1) is 9.90. The minimum absolute atomic E-state index is 0.0738. The van der Waals surface area contributed by atoms with Crippen LogP contribution < -0.4 is 16.2 Å². The summed E-state index contributed by atoms with van der Waals surface area (Å²) in [7, 11) is 1.68. The molecule has 0 aliphatic rings. The number of nitrogens with one attached hydrogen (secondary N) is 1. The highest BCUT2D eigenvalue weighted by Crippen LogP contribution is 2.28. The monoisotopic (exact) mass is 317 g/mol. The van der Waals surface area contributed by atoms with Gasteiger partial charge in [0, 0.05) is 24.5 Å². The molecule has 0 bridgehead atoms. The molecule has 0 saturated heterocycles. The zero-order valence-electron chi connectivity index (χ0n) is 11.2. The fourth-order valence-corrected chi connectivity index (χ4v) is 2.38. The van der Waals surface area contributed by atoms with Crippen molar-refractivity contribution in [2.75, 3.05) is 23.9 Å². The van der Waals surface area contributed by atoms with Gasteiger partial charge in [-0.1, -0.05) is 6.07 Å². The number of nitrogens with two attached hydrogens (primary N) is 1. The lowest BCUT2D eigenvalue weighted by atomic mass is 10.3. The fraction of sp³-hybridized carbons (Fsp3) is 0.333. The summed E-state index contributed by atoms with van der Waals surface area (Å²) in [6.45, 7) is 0.541. The van der Waals surface area contributed by atoms with Crippen LogP contribution in [0.5, 0.6) is 0 Å². The number of halogens is 3. The van der Waals surface area contributed by atoms with Crippen molar-refractivity contribution >= 4 is 23.0 Å². The lowest BCUT2D eigenvalue weighted by Crippen LogP contribution is -2.24. The lowest BCUT2D eigenvalue weighted by molar-refractivity contribution is -0.144. The Bertz CT molecular complexity index is 585. The predicted octanol–water partition coefficient (Wildman–Crippen LogP) is 2.52. The van der Waals surface area contributed by atoms with Gasteiger partial charge in [-0.05, 0) is 17.9 Å². The predicted molar refractivity (Wildman–Crippen MR) is 76.1 cm³/mol. The number of alkyl halides is 3. The van der Waals surface area contributed by atoms with E-state index in [1.807, 2.05) is 17.5 Å².